The summed E-state index contributed by atoms with van der Waals surface area (Å²) in [4.78, 5) is 37.6. The van der Waals surface area contributed by atoms with E-state index in [1.54, 1.807) is 18.2 Å². The smallest absolute Gasteiger partial charge is 0.329 e. The van der Waals surface area contributed by atoms with Crippen molar-refractivity contribution >= 4 is 35.2 Å². The largest absolute Gasteiger partial charge is 0.459 e. The van der Waals surface area contributed by atoms with Crippen molar-refractivity contribution in [3.63, 3.8) is 0 Å². The van der Waals surface area contributed by atoms with Crippen molar-refractivity contribution in [3.8, 4) is 0 Å². The third kappa shape index (κ3) is 4.92. The second-order valence-corrected chi connectivity index (χ2v) is 7.85. The van der Waals surface area contributed by atoms with Gasteiger partial charge in [-0.25, -0.2) is 4.79 Å². The van der Waals surface area contributed by atoms with E-state index in [0.717, 1.165) is 10.5 Å². The number of rotatable bonds is 6. The van der Waals surface area contributed by atoms with Crippen molar-refractivity contribution in [1.82, 2.24) is 5.32 Å². The summed E-state index contributed by atoms with van der Waals surface area (Å²) in [5.74, 6) is -0.738. The second-order valence-electron chi connectivity index (χ2n) is 6.84. The highest BCUT2D eigenvalue weighted by Crippen LogP contribution is 2.32. The van der Waals surface area contributed by atoms with Gasteiger partial charge in [0.05, 0.1) is 11.4 Å². The minimum Gasteiger partial charge on any atom is -0.459 e. The Kier molecular flexibility index (Phi) is 6.36. The lowest BCUT2D eigenvalue weighted by Crippen LogP contribution is -2.45. The van der Waals surface area contributed by atoms with Gasteiger partial charge in [-0.15, -0.1) is 11.8 Å². The number of carbonyl (C=O) groups is 3. The molecule has 0 radical (unpaired) electrons. The first kappa shape index (κ1) is 19.9. The molecular formula is C21H22N2O4S. The van der Waals surface area contributed by atoms with Gasteiger partial charge in [0.1, 0.15) is 12.6 Å². The molecule has 1 aliphatic rings. The Bertz CT molecular complexity index is 883. The highest BCUT2D eigenvalue weighted by Gasteiger charge is 2.27. The molecule has 28 heavy (non-hydrogen) atoms. The second kappa shape index (κ2) is 8.93. The zero-order valence-corrected chi connectivity index (χ0v) is 16.5. The summed E-state index contributed by atoms with van der Waals surface area (Å²) in [5.41, 5.74) is 1.87. The Balaban J connectivity index is 1.66. The number of thioether (sulfide) groups is 1. The number of nitrogens with one attached hydrogen (secondary N) is 2. The van der Waals surface area contributed by atoms with Crippen LogP contribution in [0, 0.1) is 5.92 Å². The predicted molar refractivity (Wildman–Crippen MR) is 108 cm³/mol. The van der Waals surface area contributed by atoms with Crippen molar-refractivity contribution in [3.05, 3.63) is 59.7 Å². The van der Waals surface area contributed by atoms with E-state index in [0.29, 0.717) is 17.0 Å². The van der Waals surface area contributed by atoms with Crippen LogP contribution in [0.1, 0.15) is 29.8 Å². The number of fused-ring (bicyclic) bond motifs is 1. The first-order chi connectivity index (χ1) is 13.4. The number of hydrogen-bond donors (Lipinski definition) is 2. The number of esters is 1. The van der Waals surface area contributed by atoms with E-state index >= 15 is 0 Å². The lowest BCUT2D eigenvalue weighted by Gasteiger charge is -2.22. The molecule has 0 aromatic heterocycles. The van der Waals surface area contributed by atoms with Crippen molar-refractivity contribution in [1.29, 1.82) is 0 Å². The SMILES string of the molecule is CC(C)[C@H](NC(=O)c1ccc2c(c1)NC(=O)CS2)C(=O)OCc1ccccc1. The minimum absolute atomic E-state index is 0.0976. The Labute approximate surface area is 168 Å². The lowest BCUT2D eigenvalue weighted by molar-refractivity contribution is -0.148. The van der Waals surface area contributed by atoms with Crippen LogP contribution in [-0.2, 0) is 20.9 Å². The molecule has 2 aromatic carbocycles. The van der Waals surface area contributed by atoms with Crippen LogP contribution in [0.2, 0.25) is 0 Å². The maximum Gasteiger partial charge on any atom is 0.329 e. The summed E-state index contributed by atoms with van der Waals surface area (Å²) in [5, 5.41) is 5.51. The van der Waals surface area contributed by atoms with Crippen molar-refractivity contribution in [2.45, 2.75) is 31.4 Å². The predicted octanol–water partition coefficient (Wildman–Crippen LogP) is 3.23. The number of amides is 2. The average molecular weight is 398 g/mol. The Morgan fingerprint density at radius 2 is 1.93 bits per heavy atom. The third-order valence-corrected chi connectivity index (χ3v) is 5.38. The first-order valence-electron chi connectivity index (χ1n) is 9.02. The maximum atomic E-state index is 12.7. The molecule has 0 aliphatic carbocycles. The molecule has 2 aromatic rings. The summed E-state index contributed by atoms with van der Waals surface area (Å²) in [6.45, 7) is 3.84. The van der Waals surface area contributed by atoms with E-state index in [4.69, 9.17) is 4.74 Å². The van der Waals surface area contributed by atoms with Gasteiger partial charge >= 0.3 is 5.97 Å². The number of benzene rings is 2. The molecule has 1 atom stereocenters. The van der Waals surface area contributed by atoms with Gasteiger partial charge in [-0.05, 0) is 29.7 Å². The summed E-state index contributed by atoms with van der Waals surface area (Å²) in [6.07, 6.45) is 0. The monoisotopic (exact) mass is 398 g/mol. The zero-order chi connectivity index (χ0) is 20.1. The first-order valence-corrected chi connectivity index (χ1v) is 10.0. The van der Waals surface area contributed by atoms with Crippen LogP contribution < -0.4 is 10.6 Å². The summed E-state index contributed by atoms with van der Waals surface area (Å²) in [7, 11) is 0. The molecule has 7 heteroatoms. The molecular weight excluding hydrogens is 376 g/mol. The summed E-state index contributed by atoms with van der Waals surface area (Å²) < 4.78 is 5.38. The van der Waals surface area contributed by atoms with Gasteiger partial charge in [0.15, 0.2) is 0 Å². The maximum absolute atomic E-state index is 12.7. The molecule has 0 unspecified atom stereocenters. The average Bonchev–Trinajstić information content (AvgIpc) is 2.70. The van der Waals surface area contributed by atoms with Crippen LogP contribution in [0.15, 0.2) is 53.4 Å². The van der Waals surface area contributed by atoms with Crippen LogP contribution in [0.5, 0.6) is 0 Å². The molecule has 0 bridgehead atoms. The highest BCUT2D eigenvalue weighted by atomic mass is 32.2. The quantitative estimate of drug-likeness (QED) is 0.730. The molecule has 1 aliphatic heterocycles. The molecule has 0 saturated heterocycles. The zero-order valence-electron chi connectivity index (χ0n) is 15.7. The number of carbonyl (C=O) groups excluding carboxylic acids is 3. The molecule has 1 heterocycles. The van der Waals surface area contributed by atoms with Gasteiger partial charge in [0.25, 0.3) is 5.91 Å². The molecule has 0 spiro atoms. The topological polar surface area (TPSA) is 84.5 Å². The summed E-state index contributed by atoms with van der Waals surface area (Å²) in [6, 6.07) is 13.7. The fourth-order valence-corrected chi connectivity index (χ4v) is 3.55. The van der Waals surface area contributed by atoms with Crippen LogP contribution >= 0.6 is 11.8 Å². The van der Waals surface area contributed by atoms with Crippen molar-refractivity contribution < 1.29 is 19.1 Å². The molecule has 2 N–H and O–H groups in total. The van der Waals surface area contributed by atoms with Crippen LogP contribution in [0.25, 0.3) is 0 Å². The van der Waals surface area contributed by atoms with E-state index < -0.39 is 12.0 Å². The normalized spacial score (nSPS) is 14.0. The molecule has 0 saturated carbocycles. The van der Waals surface area contributed by atoms with Crippen molar-refractivity contribution in [2.24, 2.45) is 5.92 Å². The number of anilines is 1. The molecule has 6 nitrogen and oxygen atoms in total. The van der Waals surface area contributed by atoms with Crippen LogP contribution in [-0.4, -0.2) is 29.6 Å². The third-order valence-electron chi connectivity index (χ3n) is 4.31. The van der Waals surface area contributed by atoms with Gasteiger partial charge in [0.2, 0.25) is 5.91 Å². The Morgan fingerprint density at radius 1 is 1.18 bits per heavy atom. The van der Waals surface area contributed by atoms with E-state index in [-0.39, 0.29) is 24.3 Å². The summed E-state index contributed by atoms with van der Waals surface area (Å²) >= 11 is 1.43. The lowest BCUT2D eigenvalue weighted by atomic mass is 10.0. The van der Waals surface area contributed by atoms with Gasteiger partial charge < -0.3 is 15.4 Å². The fraction of sp³-hybridized carbons (Fsp3) is 0.286. The van der Waals surface area contributed by atoms with Gasteiger partial charge in [-0.2, -0.15) is 0 Å². The minimum atomic E-state index is -0.767. The fourth-order valence-electron chi connectivity index (χ4n) is 2.77. The van der Waals surface area contributed by atoms with Crippen molar-refractivity contribution in [2.75, 3.05) is 11.1 Å². The van der Waals surface area contributed by atoms with Gasteiger partial charge in [0, 0.05) is 10.5 Å². The van der Waals surface area contributed by atoms with Gasteiger partial charge in [-0.1, -0.05) is 44.2 Å². The highest BCUT2D eigenvalue weighted by molar-refractivity contribution is 8.00. The number of ether oxygens (including phenoxy) is 1. The standard InChI is InChI=1S/C21H22N2O4S/c1-13(2)19(21(26)27-11-14-6-4-3-5-7-14)23-20(25)15-8-9-17-16(10-15)22-18(24)12-28-17/h3-10,13,19H,11-12H2,1-2H3,(H,22,24)(H,23,25)/t19-/m0/s1. The molecule has 2 amide bonds. The number of hydrogen-bond acceptors (Lipinski definition) is 5. The van der Waals surface area contributed by atoms with E-state index in [2.05, 4.69) is 10.6 Å². The van der Waals surface area contributed by atoms with Crippen LogP contribution in [0.3, 0.4) is 0 Å². The molecule has 0 fully saturated rings. The van der Waals surface area contributed by atoms with E-state index in [1.807, 2.05) is 44.2 Å². The van der Waals surface area contributed by atoms with E-state index in [9.17, 15) is 14.4 Å². The molecule has 146 valence electrons. The Hall–Kier alpha value is -2.80. The van der Waals surface area contributed by atoms with Gasteiger partial charge in [-0.3, -0.25) is 9.59 Å². The van der Waals surface area contributed by atoms with E-state index in [1.165, 1.54) is 11.8 Å². The Morgan fingerprint density at radius 3 is 2.64 bits per heavy atom. The molecule has 3 rings (SSSR count). The van der Waals surface area contributed by atoms with Crippen LogP contribution in [0.4, 0.5) is 5.69 Å².